The van der Waals surface area contributed by atoms with E-state index in [1.165, 1.54) is 0 Å². The Morgan fingerprint density at radius 2 is 1.84 bits per heavy atom. The molecule has 0 saturated carbocycles. The average molecular weight is 369 g/mol. The quantitative estimate of drug-likeness (QED) is 0.683. The zero-order chi connectivity index (χ0) is 17.4. The van der Waals surface area contributed by atoms with Crippen molar-refractivity contribution in [3.63, 3.8) is 0 Å². The summed E-state index contributed by atoms with van der Waals surface area (Å²) in [5.41, 5.74) is 2.96. The third-order valence-electron chi connectivity index (χ3n) is 4.05. The van der Waals surface area contributed by atoms with Crippen molar-refractivity contribution in [1.29, 1.82) is 0 Å². The number of hydrogen-bond donors (Lipinski definition) is 1. The van der Waals surface area contributed by atoms with Crippen LogP contribution in [-0.2, 0) is 11.3 Å². The van der Waals surface area contributed by atoms with E-state index < -0.39 is 0 Å². The maximum Gasteiger partial charge on any atom is 0.290 e. The second-order valence-corrected chi connectivity index (χ2v) is 7.10. The molecule has 2 heterocycles. The molecule has 1 saturated heterocycles. The van der Waals surface area contributed by atoms with Crippen LogP contribution in [0.2, 0.25) is 5.02 Å². The molecule has 0 atom stereocenters. The van der Waals surface area contributed by atoms with Crippen LogP contribution in [0.3, 0.4) is 0 Å². The minimum atomic E-state index is -0.349. The van der Waals surface area contributed by atoms with Crippen LogP contribution in [0.25, 0.3) is 17.0 Å². The van der Waals surface area contributed by atoms with Crippen LogP contribution in [-0.4, -0.2) is 15.7 Å². The van der Waals surface area contributed by atoms with Gasteiger partial charge in [0.1, 0.15) is 0 Å². The molecule has 0 spiro atoms. The molecule has 124 valence electrons. The van der Waals surface area contributed by atoms with E-state index in [-0.39, 0.29) is 11.1 Å². The lowest BCUT2D eigenvalue weighted by molar-refractivity contribution is -0.115. The van der Waals surface area contributed by atoms with Crippen molar-refractivity contribution in [2.24, 2.45) is 0 Å². The van der Waals surface area contributed by atoms with Gasteiger partial charge in [0.25, 0.3) is 11.1 Å². The molecule has 25 heavy (non-hydrogen) atoms. The Labute approximate surface area is 153 Å². The molecule has 0 aliphatic carbocycles. The molecule has 3 aromatic rings. The molecule has 6 heteroatoms. The highest BCUT2D eigenvalue weighted by Crippen LogP contribution is 2.30. The summed E-state index contributed by atoms with van der Waals surface area (Å²) in [6.45, 7) is 0.627. The lowest BCUT2D eigenvalue weighted by Crippen LogP contribution is -2.17. The first-order valence-corrected chi connectivity index (χ1v) is 8.87. The smallest absolute Gasteiger partial charge is 0.290 e. The molecule has 0 unspecified atom stereocenters. The van der Waals surface area contributed by atoms with Gasteiger partial charge in [-0.1, -0.05) is 48.0 Å². The number of carbonyl (C=O) groups is 2. The van der Waals surface area contributed by atoms with Gasteiger partial charge >= 0.3 is 0 Å². The number of carbonyl (C=O) groups excluding carboxylic acids is 2. The van der Waals surface area contributed by atoms with Gasteiger partial charge in [-0.2, -0.15) is 0 Å². The monoisotopic (exact) mass is 368 g/mol. The number of rotatable bonds is 3. The number of benzene rings is 2. The number of aromatic nitrogens is 1. The molecule has 1 aliphatic heterocycles. The summed E-state index contributed by atoms with van der Waals surface area (Å²) >= 11 is 7.21. The van der Waals surface area contributed by atoms with Crippen LogP contribution < -0.4 is 5.32 Å². The lowest BCUT2D eigenvalue weighted by atomic mass is 10.1. The predicted octanol–water partition coefficient (Wildman–Crippen LogP) is 4.67. The minimum Gasteiger partial charge on any atom is -0.342 e. The number of halogens is 1. The first kappa shape index (κ1) is 16.0. The van der Waals surface area contributed by atoms with Crippen LogP contribution in [0.1, 0.15) is 11.1 Å². The van der Waals surface area contributed by atoms with Gasteiger partial charge in [0.15, 0.2) is 0 Å². The molecule has 2 amide bonds. The van der Waals surface area contributed by atoms with Gasteiger partial charge in [-0.05, 0) is 35.5 Å². The normalized spacial score (nSPS) is 16.0. The summed E-state index contributed by atoms with van der Waals surface area (Å²) in [6, 6.07) is 15.7. The van der Waals surface area contributed by atoms with Gasteiger partial charge in [0.05, 0.1) is 4.91 Å². The zero-order valence-electron chi connectivity index (χ0n) is 13.0. The number of imide groups is 1. The largest absolute Gasteiger partial charge is 0.342 e. The van der Waals surface area contributed by atoms with Crippen molar-refractivity contribution >= 4 is 51.5 Å². The maximum absolute atomic E-state index is 11.8. The van der Waals surface area contributed by atoms with Crippen molar-refractivity contribution in [3.8, 4) is 0 Å². The molecule has 4 nitrogen and oxygen atoms in total. The number of fused-ring (bicyclic) bond motifs is 1. The van der Waals surface area contributed by atoms with E-state index in [1.54, 1.807) is 6.08 Å². The SMILES string of the molecule is O=C1NC(=O)/C(=C/c2cn(Cc3ccccc3Cl)c3ccccc23)S1. The second kappa shape index (κ2) is 6.43. The van der Waals surface area contributed by atoms with Gasteiger partial charge in [-0.25, -0.2) is 0 Å². The van der Waals surface area contributed by atoms with Crippen LogP contribution >= 0.6 is 23.4 Å². The van der Waals surface area contributed by atoms with E-state index in [9.17, 15) is 9.59 Å². The summed E-state index contributed by atoms with van der Waals surface area (Å²) in [7, 11) is 0. The number of amides is 2. The van der Waals surface area contributed by atoms with Crippen LogP contribution in [0.15, 0.2) is 59.6 Å². The topological polar surface area (TPSA) is 51.1 Å². The van der Waals surface area contributed by atoms with E-state index >= 15 is 0 Å². The second-order valence-electron chi connectivity index (χ2n) is 5.67. The average Bonchev–Trinajstić information content (AvgIpc) is 3.10. The number of nitrogens with zero attached hydrogens (tertiary/aromatic N) is 1. The van der Waals surface area contributed by atoms with Gasteiger partial charge in [0, 0.05) is 34.2 Å². The number of para-hydroxylation sites is 1. The fraction of sp³-hybridized carbons (Fsp3) is 0.0526. The van der Waals surface area contributed by atoms with Crippen molar-refractivity contribution in [2.75, 3.05) is 0 Å². The van der Waals surface area contributed by atoms with E-state index in [0.29, 0.717) is 11.4 Å². The fourth-order valence-corrected chi connectivity index (χ4v) is 3.76. The third-order valence-corrected chi connectivity index (χ3v) is 5.23. The first-order valence-electron chi connectivity index (χ1n) is 7.68. The number of thioether (sulfide) groups is 1. The molecular weight excluding hydrogens is 356 g/mol. The lowest BCUT2D eigenvalue weighted by Gasteiger charge is -2.07. The molecule has 1 fully saturated rings. The van der Waals surface area contributed by atoms with Crippen molar-refractivity contribution in [2.45, 2.75) is 6.54 Å². The molecule has 4 rings (SSSR count). The van der Waals surface area contributed by atoms with Gasteiger partial charge in [0.2, 0.25) is 0 Å². The number of hydrogen-bond acceptors (Lipinski definition) is 3. The predicted molar refractivity (Wildman–Crippen MR) is 102 cm³/mol. The summed E-state index contributed by atoms with van der Waals surface area (Å²) in [5.74, 6) is -0.349. The Hall–Kier alpha value is -2.50. The van der Waals surface area contributed by atoms with Crippen LogP contribution in [0.5, 0.6) is 0 Å². The highest BCUT2D eigenvalue weighted by atomic mass is 35.5. The standard InChI is InChI=1S/C19H13ClN2O2S/c20-15-7-3-1-5-12(15)10-22-11-13(14-6-2-4-8-16(14)22)9-17-18(23)21-19(24)25-17/h1-9,11H,10H2,(H,21,23,24)/b17-9-. The summed E-state index contributed by atoms with van der Waals surface area (Å²) < 4.78 is 2.10. The summed E-state index contributed by atoms with van der Waals surface area (Å²) in [5, 5.41) is 3.69. The number of nitrogens with one attached hydrogen (secondary N) is 1. The van der Waals surface area contributed by atoms with Crippen molar-refractivity contribution in [1.82, 2.24) is 9.88 Å². The molecular formula is C19H13ClN2O2S. The Morgan fingerprint density at radius 1 is 1.08 bits per heavy atom. The summed E-state index contributed by atoms with van der Waals surface area (Å²) in [4.78, 5) is 23.6. The highest BCUT2D eigenvalue weighted by Gasteiger charge is 2.25. The molecule has 1 aromatic heterocycles. The van der Waals surface area contributed by atoms with Crippen molar-refractivity contribution in [3.05, 3.63) is 75.8 Å². The Bertz CT molecular complexity index is 1040. The molecule has 0 bridgehead atoms. The van der Waals surface area contributed by atoms with E-state index in [0.717, 1.165) is 38.8 Å². The molecule has 1 N–H and O–H groups in total. The first-order chi connectivity index (χ1) is 12.1. The Morgan fingerprint density at radius 3 is 2.60 bits per heavy atom. The maximum atomic E-state index is 11.8. The zero-order valence-corrected chi connectivity index (χ0v) is 14.6. The van der Waals surface area contributed by atoms with E-state index in [4.69, 9.17) is 11.6 Å². The van der Waals surface area contributed by atoms with Crippen LogP contribution in [0, 0.1) is 0 Å². The Kier molecular flexibility index (Phi) is 4.11. The van der Waals surface area contributed by atoms with Crippen molar-refractivity contribution < 1.29 is 9.59 Å². The summed E-state index contributed by atoms with van der Waals surface area (Å²) in [6.07, 6.45) is 3.74. The Balaban J connectivity index is 1.79. The van der Waals surface area contributed by atoms with Crippen LogP contribution in [0.4, 0.5) is 4.79 Å². The molecule has 1 aliphatic rings. The van der Waals surface area contributed by atoms with Gasteiger partial charge in [-0.15, -0.1) is 0 Å². The highest BCUT2D eigenvalue weighted by molar-refractivity contribution is 8.18. The fourth-order valence-electron chi connectivity index (χ4n) is 2.89. The van der Waals surface area contributed by atoms with E-state index in [2.05, 4.69) is 9.88 Å². The van der Waals surface area contributed by atoms with E-state index in [1.807, 2.05) is 54.7 Å². The van der Waals surface area contributed by atoms with Gasteiger partial charge in [-0.3, -0.25) is 14.9 Å². The van der Waals surface area contributed by atoms with Gasteiger partial charge < -0.3 is 4.57 Å². The molecule has 2 aromatic carbocycles. The molecule has 0 radical (unpaired) electrons. The minimum absolute atomic E-state index is 0.337. The third kappa shape index (κ3) is 3.08.